The number of hydrogen-bond donors (Lipinski definition) is 0. The first-order valence-electron chi connectivity index (χ1n) is 5.80. The standard InChI is InChI=1S/C12H7F6NO3S/c1-6-2-3-9-7(4-6)8(11(13,14)15)5-10(19-9)22-23(20,21)12(16,17)18/h2-5H,1H3. The molecule has 0 aliphatic carbocycles. The number of pyridine rings is 1. The second-order valence-corrected chi connectivity index (χ2v) is 6.05. The van der Waals surface area contributed by atoms with Gasteiger partial charge < -0.3 is 4.18 Å². The molecular weight excluding hydrogens is 352 g/mol. The molecule has 23 heavy (non-hydrogen) atoms. The summed E-state index contributed by atoms with van der Waals surface area (Å²) in [6, 6.07) is 3.74. The van der Waals surface area contributed by atoms with Crippen molar-refractivity contribution in [1.29, 1.82) is 0 Å². The molecular formula is C12H7F6NO3S. The Hall–Kier alpha value is -2.04. The Morgan fingerprint density at radius 3 is 2.17 bits per heavy atom. The van der Waals surface area contributed by atoms with Crippen molar-refractivity contribution in [2.24, 2.45) is 0 Å². The van der Waals surface area contributed by atoms with Gasteiger partial charge in [0.25, 0.3) is 0 Å². The first kappa shape index (κ1) is 17.3. The highest BCUT2D eigenvalue weighted by molar-refractivity contribution is 7.87. The van der Waals surface area contributed by atoms with Crippen LogP contribution in [-0.4, -0.2) is 18.9 Å². The summed E-state index contributed by atoms with van der Waals surface area (Å²) in [5, 5.41) is -0.380. The van der Waals surface area contributed by atoms with Crippen LogP contribution in [0.3, 0.4) is 0 Å². The van der Waals surface area contributed by atoms with E-state index in [1.807, 2.05) is 0 Å². The Bertz CT molecular complexity index is 857. The number of benzene rings is 1. The molecule has 0 fully saturated rings. The molecule has 0 saturated heterocycles. The van der Waals surface area contributed by atoms with Crippen molar-refractivity contribution in [3.63, 3.8) is 0 Å². The van der Waals surface area contributed by atoms with Crippen molar-refractivity contribution in [3.05, 3.63) is 35.4 Å². The maximum Gasteiger partial charge on any atom is 0.534 e. The van der Waals surface area contributed by atoms with Gasteiger partial charge in [0.2, 0.25) is 5.88 Å². The van der Waals surface area contributed by atoms with Gasteiger partial charge in [0.1, 0.15) is 0 Å². The van der Waals surface area contributed by atoms with Crippen LogP contribution in [0.5, 0.6) is 5.88 Å². The van der Waals surface area contributed by atoms with Crippen LogP contribution in [0.25, 0.3) is 10.9 Å². The van der Waals surface area contributed by atoms with Gasteiger partial charge in [-0.05, 0) is 19.1 Å². The van der Waals surface area contributed by atoms with Gasteiger partial charge in [-0.2, -0.15) is 34.8 Å². The lowest BCUT2D eigenvalue weighted by Gasteiger charge is -2.14. The van der Waals surface area contributed by atoms with E-state index >= 15 is 0 Å². The Morgan fingerprint density at radius 1 is 1.04 bits per heavy atom. The molecule has 0 aliphatic rings. The van der Waals surface area contributed by atoms with Crippen LogP contribution >= 0.6 is 0 Å². The molecule has 0 saturated carbocycles. The van der Waals surface area contributed by atoms with Crippen LogP contribution in [0.15, 0.2) is 24.3 Å². The Labute approximate surface area is 125 Å². The predicted molar refractivity (Wildman–Crippen MR) is 67.1 cm³/mol. The topological polar surface area (TPSA) is 56.3 Å². The highest BCUT2D eigenvalue weighted by Crippen LogP contribution is 2.37. The van der Waals surface area contributed by atoms with Crippen molar-refractivity contribution in [2.75, 3.05) is 0 Å². The number of aromatic nitrogens is 1. The molecule has 0 radical (unpaired) electrons. The molecule has 0 amide bonds. The van der Waals surface area contributed by atoms with Crippen LogP contribution in [-0.2, 0) is 16.3 Å². The van der Waals surface area contributed by atoms with Gasteiger partial charge in [-0.3, -0.25) is 0 Å². The molecule has 0 atom stereocenters. The average molecular weight is 359 g/mol. The summed E-state index contributed by atoms with van der Waals surface area (Å²) in [5.41, 5.74) is -7.02. The number of halogens is 6. The molecule has 126 valence electrons. The Balaban J connectivity index is 2.67. The summed E-state index contributed by atoms with van der Waals surface area (Å²) in [7, 11) is -6.12. The lowest BCUT2D eigenvalue weighted by atomic mass is 10.1. The zero-order chi connectivity index (χ0) is 17.6. The van der Waals surface area contributed by atoms with Gasteiger partial charge in [0.15, 0.2) is 0 Å². The summed E-state index contributed by atoms with van der Waals surface area (Å²) in [6.07, 6.45) is -4.94. The largest absolute Gasteiger partial charge is 0.534 e. The van der Waals surface area contributed by atoms with Crippen molar-refractivity contribution in [1.82, 2.24) is 4.98 Å². The normalized spacial score (nSPS) is 13.3. The van der Waals surface area contributed by atoms with Gasteiger partial charge in [0.05, 0.1) is 11.1 Å². The molecule has 4 nitrogen and oxygen atoms in total. The highest BCUT2D eigenvalue weighted by Gasteiger charge is 2.49. The molecule has 0 bridgehead atoms. The quantitative estimate of drug-likeness (QED) is 0.465. The van der Waals surface area contributed by atoms with Crippen LogP contribution in [0.4, 0.5) is 26.3 Å². The highest BCUT2D eigenvalue weighted by atomic mass is 32.2. The third-order valence-corrected chi connectivity index (χ3v) is 3.68. The summed E-state index contributed by atoms with van der Waals surface area (Å²) in [4.78, 5) is 3.39. The fourth-order valence-electron chi connectivity index (χ4n) is 1.75. The maximum atomic E-state index is 13.0. The first-order valence-corrected chi connectivity index (χ1v) is 7.21. The molecule has 0 spiro atoms. The smallest absolute Gasteiger partial charge is 0.355 e. The minimum atomic E-state index is -6.12. The fourth-order valence-corrected chi connectivity index (χ4v) is 2.16. The molecule has 0 aliphatic heterocycles. The van der Waals surface area contributed by atoms with E-state index in [1.54, 1.807) is 0 Å². The van der Waals surface area contributed by atoms with E-state index in [-0.39, 0.29) is 17.0 Å². The maximum absolute atomic E-state index is 13.0. The fraction of sp³-hybridized carbons (Fsp3) is 0.250. The number of hydrogen-bond acceptors (Lipinski definition) is 4. The lowest BCUT2D eigenvalue weighted by molar-refractivity contribution is -0.136. The molecule has 2 aromatic rings. The molecule has 2 rings (SSSR count). The number of alkyl halides is 6. The third kappa shape index (κ3) is 3.49. The number of nitrogens with zero attached hydrogens (tertiary/aromatic N) is 1. The van der Waals surface area contributed by atoms with Gasteiger partial charge in [-0.15, -0.1) is 0 Å². The summed E-state index contributed by atoms with van der Waals surface area (Å²) in [5.74, 6) is -1.31. The predicted octanol–water partition coefficient (Wildman–Crippen LogP) is 3.79. The molecule has 1 aromatic carbocycles. The molecule has 1 heterocycles. The van der Waals surface area contributed by atoms with Gasteiger partial charge in [-0.25, -0.2) is 4.98 Å². The Kier molecular flexibility index (Phi) is 3.95. The van der Waals surface area contributed by atoms with Gasteiger partial charge >= 0.3 is 21.8 Å². The third-order valence-electron chi connectivity index (χ3n) is 2.72. The van der Waals surface area contributed by atoms with Crippen molar-refractivity contribution in [3.8, 4) is 5.88 Å². The van der Waals surface area contributed by atoms with Crippen LogP contribution in [0, 0.1) is 6.92 Å². The van der Waals surface area contributed by atoms with E-state index in [1.165, 1.54) is 13.0 Å². The Morgan fingerprint density at radius 2 is 1.65 bits per heavy atom. The van der Waals surface area contributed by atoms with E-state index in [2.05, 4.69) is 9.17 Å². The summed E-state index contributed by atoms with van der Waals surface area (Å²) in [6.45, 7) is 1.51. The zero-order valence-corrected chi connectivity index (χ0v) is 12.0. The van der Waals surface area contributed by atoms with Crippen molar-refractivity contribution >= 4 is 21.0 Å². The monoisotopic (exact) mass is 359 g/mol. The number of fused-ring (bicyclic) bond motifs is 1. The second kappa shape index (κ2) is 5.25. The minimum Gasteiger partial charge on any atom is -0.355 e. The SMILES string of the molecule is Cc1ccc2nc(OS(=O)(=O)C(F)(F)F)cc(C(F)(F)F)c2c1. The van der Waals surface area contributed by atoms with E-state index < -0.39 is 33.2 Å². The van der Waals surface area contributed by atoms with Gasteiger partial charge in [-0.1, -0.05) is 11.6 Å². The second-order valence-electron chi connectivity index (χ2n) is 4.51. The molecule has 11 heteroatoms. The lowest BCUT2D eigenvalue weighted by Crippen LogP contribution is -2.28. The van der Waals surface area contributed by atoms with E-state index in [4.69, 9.17) is 0 Å². The van der Waals surface area contributed by atoms with Crippen LogP contribution < -0.4 is 4.18 Å². The summed E-state index contributed by atoms with van der Waals surface area (Å²) >= 11 is 0. The van der Waals surface area contributed by atoms with Crippen LogP contribution in [0.1, 0.15) is 11.1 Å². The number of rotatable bonds is 2. The zero-order valence-electron chi connectivity index (χ0n) is 11.2. The molecule has 0 N–H and O–H groups in total. The van der Waals surface area contributed by atoms with E-state index in [9.17, 15) is 34.8 Å². The average Bonchev–Trinajstić information content (AvgIpc) is 2.35. The molecule has 0 unspecified atom stereocenters. The van der Waals surface area contributed by atoms with E-state index in [0.717, 1.165) is 12.1 Å². The number of aryl methyl sites for hydroxylation is 1. The first-order chi connectivity index (χ1) is 10.3. The van der Waals surface area contributed by atoms with Crippen molar-refractivity contribution < 1.29 is 38.9 Å². The molecule has 1 aromatic heterocycles. The minimum absolute atomic E-state index is 0.116. The van der Waals surface area contributed by atoms with E-state index in [0.29, 0.717) is 5.56 Å². The van der Waals surface area contributed by atoms with Gasteiger partial charge in [0, 0.05) is 11.5 Å². The van der Waals surface area contributed by atoms with Crippen molar-refractivity contribution in [2.45, 2.75) is 18.6 Å². The van der Waals surface area contributed by atoms with Crippen LogP contribution in [0.2, 0.25) is 0 Å². The summed E-state index contributed by atoms with van der Waals surface area (Å²) < 4.78 is 101.